The number of fused-ring (bicyclic) bond motifs is 1. The Kier molecular flexibility index (Phi) is 3.56. The van der Waals surface area contributed by atoms with Gasteiger partial charge in [0.1, 0.15) is 5.15 Å². The van der Waals surface area contributed by atoms with Gasteiger partial charge in [-0.1, -0.05) is 17.7 Å². The molecule has 0 aliphatic carbocycles. The number of halogens is 2. The molecule has 0 radical (unpaired) electrons. The van der Waals surface area contributed by atoms with Crippen LogP contribution < -0.4 is 5.32 Å². The van der Waals surface area contributed by atoms with E-state index in [-0.39, 0.29) is 0 Å². The number of nitrogens with one attached hydrogen (secondary N) is 1. The quantitative estimate of drug-likeness (QED) is 0.634. The summed E-state index contributed by atoms with van der Waals surface area (Å²) in [5.41, 5.74) is 1.95. The summed E-state index contributed by atoms with van der Waals surface area (Å²) in [6.45, 7) is 0.808. The molecule has 0 saturated heterocycles. The highest BCUT2D eigenvalue weighted by Gasteiger charge is 2.10. The molecule has 18 heavy (non-hydrogen) atoms. The molecule has 0 atom stereocenters. The first-order valence-electron chi connectivity index (χ1n) is 5.23. The van der Waals surface area contributed by atoms with E-state index in [1.807, 2.05) is 11.4 Å². The van der Waals surface area contributed by atoms with Crippen molar-refractivity contribution in [2.45, 2.75) is 6.54 Å². The molecule has 3 heterocycles. The van der Waals surface area contributed by atoms with Crippen LogP contribution >= 0.6 is 50.2 Å². The summed E-state index contributed by atoms with van der Waals surface area (Å²) >= 11 is 12.9. The molecule has 3 rings (SSSR count). The lowest BCUT2D eigenvalue weighted by molar-refractivity contribution is 1.20. The number of nitrogens with zero attached hydrogens (tertiary/aromatic N) is 1. The number of hydrogen-bond acceptors (Lipinski definition) is 4. The minimum absolute atomic E-state index is 0.510. The van der Waals surface area contributed by atoms with Crippen molar-refractivity contribution in [2.75, 3.05) is 5.32 Å². The number of anilines is 1. The highest BCUT2D eigenvalue weighted by molar-refractivity contribution is 9.10. The van der Waals surface area contributed by atoms with Crippen LogP contribution in [0.25, 0.3) is 10.2 Å². The van der Waals surface area contributed by atoms with Crippen molar-refractivity contribution in [3.63, 3.8) is 0 Å². The first kappa shape index (κ1) is 12.4. The van der Waals surface area contributed by atoms with Gasteiger partial charge < -0.3 is 5.32 Å². The van der Waals surface area contributed by atoms with Gasteiger partial charge in [-0.2, -0.15) is 0 Å². The molecule has 0 fully saturated rings. The van der Waals surface area contributed by atoms with Gasteiger partial charge in [0.25, 0.3) is 0 Å². The van der Waals surface area contributed by atoms with Crippen molar-refractivity contribution in [1.29, 1.82) is 0 Å². The van der Waals surface area contributed by atoms with Gasteiger partial charge in [-0.15, -0.1) is 22.7 Å². The van der Waals surface area contributed by atoms with Crippen molar-refractivity contribution in [1.82, 2.24) is 4.98 Å². The molecule has 3 aromatic heterocycles. The lowest BCUT2D eigenvalue weighted by Crippen LogP contribution is -1.98. The number of rotatable bonds is 3. The lowest BCUT2D eigenvalue weighted by atomic mass is 10.3. The Balaban J connectivity index is 1.95. The topological polar surface area (TPSA) is 24.9 Å². The molecular weight excluding hydrogens is 352 g/mol. The normalized spacial score (nSPS) is 11.0. The van der Waals surface area contributed by atoms with Crippen LogP contribution in [0, 0.1) is 0 Å². The molecule has 0 amide bonds. The van der Waals surface area contributed by atoms with Crippen molar-refractivity contribution >= 4 is 66.1 Å². The summed E-state index contributed by atoms with van der Waals surface area (Å²) in [6.07, 6.45) is 0. The predicted molar refractivity (Wildman–Crippen MR) is 84.0 cm³/mol. The van der Waals surface area contributed by atoms with Gasteiger partial charge in [0.05, 0.1) is 20.4 Å². The fraction of sp³-hybridized carbons (Fsp3) is 0.0833. The van der Waals surface area contributed by atoms with Gasteiger partial charge in [0.15, 0.2) is 0 Å². The van der Waals surface area contributed by atoms with Crippen molar-refractivity contribution < 1.29 is 0 Å². The van der Waals surface area contributed by atoms with Crippen LogP contribution in [0.2, 0.25) is 5.15 Å². The van der Waals surface area contributed by atoms with Crippen LogP contribution in [0.4, 0.5) is 5.69 Å². The number of hydrogen-bond donors (Lipinski definition) is 1. The molecule has 0 aliphatic rings. The molecule has 0 bridgehead atoms. The highest BCUT2D eigenvalue weighted by atomic mass is 79.9. The van der Waals surface area contributed by atoms with E-state index in [2.05, 4.69) is 43.7 Å². The molecule has 0 spiro atoms. The van der Waals surface area contributed by atoms with Crippen LogP contribution in [0.1, 0.15) is 4.88 Å². The summed E-state index contributed by atoms with van der Waals surface area (Å²) in [7, 11) is 0. The average Bonchev–Trinajstić information content (AvgIpc) is 2.97. The van der Waals surface area contributed by atoms with Crippen LogP contribution in [0.3, 0.4) is 0 Å². The zero-order valence-electron chi connectivity index (χ0n) is 9.11. The molecule has 2 nitrogen and oxygen atoms in total. The highest BCUT2D eigenvalue weighted by Crippen LogP contribution is 2.35. The van der Waals surface area contributed by atoms with Crippen LogP contribution in [0.15, 0.2) is 33.4 Å². The Morgan fingerprint density at radius 2 is 2.28 bits per heavy atom. The van der Waals surface area contributed by atoms with Gasteiger partial charge in [-0.05, 0) is 27.4 Å². The van der Waals surface area contributed by atoms with Crippen molar-refractivity contribution in [3.05, 3.63) is 43.5 Å². The summed E-state index contributed by atoms with van der Waals surface area (Å²) in [5, 5.41) is 8.04. The van der Waals surface area contributed by atoms with E-state index in [0.29, 0.717) is 5.15 Å². The van der Waals surface area contributed by atoms with E-state index in [4.69, 9.17) is 11.6 Å². The zero-order chi connectivity index (χ0) is 12.5. The third kappa shape index (κ3) is 2.40. The molecule has 6 heteroatoms. The number of aromatic nitrogens is 1. The summed E-state index contributed by atoms with van der Waals surface area (Å²) in [6, 6.07) is 6.04. The first-order valence-corrected chi connectivity index (χ1v) is 8.16. The van der Waals surface area contributed by atoms with Crippen molar-refractivity contribution in [2.24, 2.45) is 0 Å². The Morgan fingerprint density at radius 3 is 3.06 bits per heavy atom. The predicted octanol–water partition coefficient (Wildman–Crippen LogP) is 5.39. The standard InChI is InChI=1S/C12H8BrClN2S2/c13-8-6-18-12-9(4-10(14)16-11(8)12)15-5-7-2-1-3-17-7/h1-4,6H,5H2,(H,15,16). The summed E-state index contributed by atoms with van der Waals surface area (Å²) in [4.78, 5) is 5.63. The van der Waals surface area contributed by atoms with Crippen LogP contribution in [-0.4, -0.2) is 4.98 Å². The maximum atomic E-state index is 6.05. The molecule has 0 unspecified atom stereocenters. The molecule has 92 valence electrons. The van der Waals surface area contributed by atoms with E-state index in [0.717, 1.165) is 26.9 Å². The Labute approximate surface area is 126 Å². The maximum absolute atomic E-state index is 6.05. The number of thiophene rings is 2. The third-order valence-corrected chi connectivity index (χ3v) is 5.46. The zero-order valence-corrected chi connectivity index (χ0v) is 13.1. The minimum atomic E-state index is 0.510. The summed E-state index contributed by atoms with van der Waals surface area (Å²) in [5.74, 6) is 0. The molecular formula is C12H8BrClN2S2. The SMILES string of the molecule is Clc1cc(NCc2cccs2)c2scc(Br)c2n1. The van der Waals surface area contributed by atoms with E-state index in [9.17, 15) is 0 Å². The monoisotopic (exact) mass is 358 g/mol. The molecule has 0 aliphatic heterocycles. The van der Waals surface area contributed by atoms with E-state index >= 15 is 0 Å². The lowest BCUT2D eigenvalue weighted by Gasteiger charge is -2.06. The maximum Gasteiger partial charge on any atom is 0.131 e. The fourth-order valence-electron chi connectivity index (χ4n) is 1.68. The minimum Gasteiger partial charge on any atom is -0.379 e. The number of pyridine rings is 1. The van der Waals surface area contributed by atoms with Gasteiger partial charge in [-0.3, -0.25) is 0 Å². The summed E-state index contributed by atoms with van der Waals surface area (Å²) < 4.78 is 2.12. The molecule has 1 N–H and O–H groups in total. The van der Waals surface area contributed by atoms with Crippen LogP contribution in [0.5, 0.6) is 0 Å². The second kappa shape index (κ2) is 5.17. The molecule has 0 aromatic carbocycles. The fourth-order valence-corrected chi connectivity index (χ4v) is 4.07. The molecule has 3 aromatic rings. The smallest absolute Gasteiger partial charge is 0.131 e. The largest absolute Gasteiger partial charge is 0.379 e. The van der Waals surface area contributed by atoms with E-state index < -0.39 is 0 Å². The first-order chi connectivity index (χ1) is 8.74. The van der Waals surface area contributed by atoms with E-state index in [1.165, 1.54) is 4.88 Å². The molecule has 0 saturated carbocycles. The average molecular weight is 360 g/mol. The Bertz CT molecular complexity index is 679. The van der Waals surface area contributed by atoms with Gasteiger partial charge in [0.2, 0.25) is 0 Å². The van der Waals surface area contributed by atoms with Gasteiger partial charge in [-0.25, -0.2) is 4.98 Å². The second-order valence-corrected chi connectivity index (χ2v) is 6.84. The second-order valence-electron chi connectivity index (χ2n) is 3.69. The Morgan fingerprint density at radius 1 is 1.39 bits per heavy atom. The van der Waals surface area contributed by atoms with E-state index in [1.54, 1.807) is 22.7 Å². The third-order valence-electron chi connectivity index (χ3n) is 2.48. The Hall–Kier alpha value is -0.620. The van der Waals surface area contributed by atoms with Gasteiger partial charge >= 0.3 is 0 Å². The van der Waals surface area contributed by atoms with Gasteiger partial charge in [0, 0.05) is 22.9 Å². The van der Waals surface area contributed by atoms with Crippen LogP contribution in [-0.2, 0) is 6.54 Å². The van der Waals surface area contributed by atoms with Crippen molar-refractivity contribution in [3.8, 4) is 0 Å².